The van der Waals surface area contributed by atoms with E-state index in [-0.39, 0.29) is 21.4 Å². The molecule has 0 aliphatic heterocycles. The molecule has 1 atom stereocenters. The lowest BCUT2D eigenvalue weighted by molar-refractivity contribution is -0.117. The number of amides is 1. The van der Waals surface area contributed by atoms with Crippen molar-refractivity contribution in [1.82, 2.24) is 4.72 Å². The lowest BCUT2D eigenvalue weighted by Crippen LogP contribution is -2.45. The van der Waals surface area contributed by atoms with E-state index in [4.69, 9.17) is 34.8 Å². The number of rotatable bonds is 7. The molecular weight excluding hydrogens is 467 g/mol. The molecule has 30 heavy (non-hydrogen) atoms. The Morgan fingerprint density at radius 2 is 1.57 bits per heavy atom. The van der Waals surface area contributed by atoms with Crippen molar-refractivity contribution < 1.29 is 13.2 Å². The second-order valence-corrected chi connectivity index (χ2v) is 9.40. The Hall–Kier alpha value is -2.09. The van der Waals surface area contributed by atoms with Gasteiger partial charge >= 0.3 is 0 Å². The number of nitrogens with one attached hydrogen (secondary N) is 2. The van der Waals surface area contributed by atoms with Crippen molar-refractivity contribution in [1.29, 1.82) is 0 Å². The second kappa shape index (κ2) is 9.81. The van der Waals surface area contributed by atoms with Crippen LogP contribution in [0.3, 0.4) is 0 Å². The monoisotopic (exact) mass is 482 g/mol. The minimum absolute atomic E-state index is 0.000565. The van der Waals surface area contributed by atoms with Gasteiger partial charge in [0.15, 0.2) is 0 Å². The summed E-state index contributed by atoms with van der Waals surface area (Å²) < 4.78 is 28.4. The van der Waals surface area contributed by atoms with Gasteiger partial charge in [0.25, 0.3) is 0 Å². The quantitative estimate of drug-likeness (QED) is 0.486. The first-order chi connectivity index (χ1) is 14.2. The van der Waals surface area contributed by atoms with Crippen LogP contribution in [0.25, 0.3) is 0 Å². The summed E-state index contributed by atoms with van der Waals surface area (Å²) in [4.78, 5) is 12.7. The average Bonchev–Trinajstić information content (AvgIpc) is 2.70. The first-order valence-electron chi connectivity index (χ1n) is 8.82. The van der Waals surface area contributed by atoms with E-state index in [1.807, 2.05) is 18.2 Å². The zero-order chi connectivity index (χ0) is 21.7. The summed E-state index contributed by atoms with van der Waals surface area (Å²) in [5, 5.41) is 3.35. The summed E-state index contributed by atoms with van der Waals surface area (Å²) >= 11 is 18.0. The van der Waals surface area contributed by atoms with Gasteiger partial charge in [-0.25, -0.2) is 8.42 Å². The number of carbonyl (C=O) groups is 1. The Labute approximate surface area is 190 Å². The summed E-state index contributed by atoms with van der Waals surface area (Å²) in [7, 11) is -4.13. The van der Waals surface area contributed by atoms with E-state index in [9.17, 15) is 13.2 Å². The van der Waals surface area contributed by atoms with Gasteiger partial charge in [0.05, 0.1) is 5.02 Å². The SMILES string of the molecule is O=C(Nc1cccc(Cl)c1)[C@@H](Cc1ccccc1)NS(=O)(=O)c1cc(Cl)ccc1Cl. The average molecular weight is 484 g/mol. The van der Waals surface area contributed by atoms with Crippen molar-refractivity contribution in [2.24, 2.45) is 0 Å². The summed E-state index contributed by atoms with van der Waals surface area (Å²) in [6, 6.07) is 18.6. The van der Waals surface area contributed by atoms with Crippen LogP contribution in [0.4, 0.5) is 5.69 Å². The molecule has 0 aromatic heterocycles. The van der Waals surface area contributed by atoms with E-state index in [1.54, 1.807) is 36.4 Å². The Kier molecular flexibility index (Phi) is 7.39. The molecule has 3 aromatic rings. The van der Waals surface area contributed by atoms with E-state index in [0.717, 1.165) is 5.56 Å². The molecule has 0 unspecified atom stereocenters. The van der Waals surface area contributed by atoms with Crippen LogP contribution in [-0.4, -0.2) is 20.4 Å². The Bertz CT molecular complexity index is 1160. The molecule has 0 bridgehead atoms. The molecule has 0 fully saturated rings. The normalized spacial score (nSPS) is 12.4. The summed E-state index contributed by atoms with van der Waals surface area (Å²) in [5.74, 6) is -0.539. The fraction of sp³-hybridized carbons (Fsp3) is 0.0952. The molecule has 0 aliphatic rings. The molecule has 0 aliphatic carbocycles. The zero-order valence-electron chi connectivity index (χ0n) is 15.5. The third-order valence-electron chi connectivity index (χ3n) is 4.17. The van der Waals surface area contributed by atoms with E-state index < -0.39 is 22.0 Å². The Morgan fingerprint density at radius 1 is 0.867 bits per heavy atom. The van der Waals surface area contributed by atoms with E-state index in [1.165, 1.54) is 18.2 Å². The fourth-order valence-electron chi connectivity index (χ4n) is 2.77. The van der Waals surface area contributed by atoms with Gasteiger partial charge in [-0.2, -0.15) is 4.72 Å². The number of benzene rings is 3. The molecule has 156 valence electrons. The molecule has 9 heteroatoms. The van der Waals surface area contributed by atoms with Crippen molar-refractivity contribution in [3.05, 3.63) is 93.4 Å². The minimum atomic E-state index is -4.13. The summed E-state index contributed by atoms with van der Waals surface area (Å²) in [5.41, 5.74) is 1.23. The second-order valence-electron chi connectivity index (χ2n) is 6.44. The standard InChI is InChI=1S/C21H17Cl3N2O3S/c22-15-7-4-8-17(12-15)25-21(27)19(11-14-5-2-1-3-6-14)26-30(28,29)20-13-16(23)9-10-18(20)24/h1-10,12-13,19,26H,11H2,(H,25,27)/t19-/m1/s1. The van der Waals surface area contributed by atoms with E-state index >= 15 is 0 Å². The topological polar surface area (TPSA) is 75.3 Å². The predicted molar refractivity (Wildman–Crippen MR) is 121 cm³/mol. The van der Waals surface area contributed by atoms with Gasteiger partial charge in [0, 0.05) is 15.7 Å². The van der Waals surface area contributed by atoms with Gasteiger partial charge in [0.2, 0.25) is 15.9 Å². The molecule has 0 saturated heterocycles. The molecule has 0 spiro atoms. The number of sulfonamides is 1. The third-order valence-corrected chi connectivity index (χ3v) is 6.59. The largest absolute Gasteiger partial charge is 0.325 e. The fourth-order valence-corrected chi connectivity index (χ4v) is 4.92. The highest BCUT2D eigenvalue weighted by atomic mass is 35.5. The first kappa shape index (κ1) is 22.6. The molecular formula is C21H17Cl3N2O3S. The van der Waals surface area contributed by atoms with Gasteiger partial charge in [-0.3, -0.25) is 4.79 Å². The third kappa shape index (κ3) is 5.97. The number of carbonyl (C=O) groups excluding carboxylic acids is 1. The van der Waals surface area contributed by atoms with Crippen LogP contribution < -0.4 is 10.0 Å². The van der Waals surface area contributed by atoms with Gasteiger partial charge in [0.1, 0.15) is 10.9 Å². The maximum atomic E-state index is 13.0. The Morgan fingerprint density at radius 3 is 2.27 bits per heavy atom. The van der Waals surface area contributed by atoms with Gasteiger partial charge in [-0.15, -0.1) is 0 Å². The van der Waals surface area contributed by atoms with Gasteiger partial charge < -0.3 is 5.32 Å². The van der Waals surface area contributed by atoms with Crippen LogP contribution in [0.1, 0.15) is 5.56 Å². The Balaban J connectivity index is 1.90. The highest BCUT2D eigenvalue weighted by molar-refractivity contribution is 7.89. The van der Waals surface area contributed by atoms with Crippen LogP contribution in [-0.2, 0) is 21.2 Å². The van der Waals surface area contributed by atoms with Gasteiger partial charge in [-0.1, -0.05) is 71.2 Å². The number of hydrogen-bond acceptors (Lipinski definition) is 3. The van der Waals surface area contributed by atoms with Crippen molar-refractivity contribution in [2.45, 2.75) is 17.4 Å². The van der Waals surface area contributed by atoms with Crippen LogP contribution >= 0.6 is 34.8 Å². The molecule has 0 saturated carbocycles. The van der Waals surface area contributed by atoms with Gasteiger partial charge in [-0.05, 0) is 48.4 Å². The number of hydrogen-bond donors (Lipinski definition) is 2. The van der Waals surface area contributed by atoms with E-state index in [2.05, 4.69) is 10.0 Å². The van der Waals surface area contributed by atoms with Crippen LogP contribution in [0, 0.1) is 0 Å². The molecule has 3 rings (SSSR count). The lowest BCUT2D eigenvalue weighted by atomic mass is 10.1. The maximum Gasteiger partial charge on any atom is 0.242 e. The van der Waals surface area contributed by atoms with Crippen LogP contribution in [0.2, 0.25) is 15.1 Å². The minimum Gasteiger partial charge on any atom is -0.325 e. The number of halogens is 3. The molecule has 0 heterocycles. The van der Waals surface area contributed by atoms with Crippen molar-refractivity contribution in [2.75, 3.05) is 5.32 Å². The highest BCUT2D eigenvalue weighted by Crippen LogP contribution is 2.25. The highest BCUT2D eigenvalue weighted by Gasteiger charge is 2.28. The van der Waals surface area contributed by atoms with E-state index in [0.29, 0.717) is 10.7 Å². The molecule has 5 nitrogen and oxygen atoms in total. The summed E-state index contributed by atoms with van der Waals surface area (Å²) in [6.07, 6.45) is 0.130. The van der Waals surface area contributed by atoms with Crippen molar-refractivity contribution >= 4 is 56.4 Å². The molecule has 2 N–H and O–H groups in total. The molecule has 0 radical (unpaired) electrons. The van der Waals surface area contributed by atoms with Crippen LogP contribution in [0.5, 0.6) is 0 Å². The first-order valence-corrected chi connectivity index (χ1v) is 11.4. The van der Waals surface area contributed by atoms with Crippen molar-refractivity contribution in [3.63, 3.8) is 0 Å². The van der Waals surface area contributed by atoms with Crippen molar-refractivity contribution in [3.8, 4) is 0 Å². The number of anilines is 1. The zero-order valence-corrected chi connectivity index (χ0v) is 18.6. The van der Waals surface area contributed by atoms with Crippen LogP contribution in [0.15, 0.2) is 77.7 Å². The summed E-state index contributed by atoms with van der Waals surface area (Å²) in [6.45, 7) is 0. The predicted octanol–water partition coefficient (Wildman–Crippen LogP) is 5.18. The molecule has 3 aromatic carbocycles. The maximum absolute atomic E-state index is 13.0. The molecule has 1 amide bonds. The smallest absolute Gasteiger partial charge is 0.242 e. The lowest BCUT2D eigenvalue weighted by Gasteiger charge is -2.19.